The number of carbonyl (C=O) groups is 1. The van der Waals surface area contributed by atoms with Gasteiger partial charge < -0.3 is 10.1 Å². The number of hydrogen-bond donors (Lipinski definition) is 1. The number of nitrogens with zero attached hydrogens (tertiary/aromatic N) is 1. The van der Waals surface area contributed by atoms with Crippen molar-refractivity contribution in [1.82, 2.24) is 10.2 Å². The molecule has 4 nitrogen and oxygen atoms in total. The Morgan fingerprint density at radius 2 is 2.04 bits per heavy atom. The molecule has 26 heavy (non-hydrogen) atoms. The quantitative estimate of drug-likeness (QED) is 0.798. The molecule has 0 saturated carbocycles. The van der Waals surface area contributed by atoms with Crippen LogP contribution in [0.25, 0.3) is 10.1 Å². The lowest BCUT2D eigenvalue weighted by molar-refractivity contribution is -0.0377. The van der Waals surface area contributed by atoms with Crippen LogP contribution in [0.2, 0.25) is 5.02 Å². The van der Waals surface area contributed by atoms with Crippen molar-refractivity contribution < 1.29 is 9.53 Å². The highest BCUT2D eigenvalue weighted by Gasteiger charge is 2.48. The van der Waals surface area contributed by atoms with Crippen LogP contribution in [-0.2, 0) is 0 Å². The van der Waals surface area contributed by atoms with Gasteiger partial charge in [-0.1, -0.05) is 11.6 Å². The summed E-state index contributed by atoms with van der Waals surface area (Å²) in [5, 5.41) is 4.88. The van der Waals surface area contributed by atoms with Gasteiger partial charge in [-0.05, 0) is 69.3 Å². The number of fused-ring (bicyclic) bond motifs is 4. The van der Waals surface area contributed by atoms with Gasteiger partial charge in [0, 0.05) is 11.6 Å². The number of carbonyl (C=O) groups excluding carboxylic acids is 1. The molecule has 0 spiro atoms. The second kappa shape index (κ2) is 7.19. The van der Waals surface area contributed by atoms with Gasteiger partial charge in [-0.2, -0.15) is 0 Å². The molecule has 2 bridgehead atoms. The Labute approximate surface area is 169 Å². The van der Waals surface area contributed by atoms with Crippen LogP contribution in [0.15, 0.2) is 18.2 Å². The summed E-state index contributed by atoms with van der Waals surface area (Å²) < 4.78 is 6.18. The van der Waals surface area contributed by atoms with Gasteiger partial charge in [0.2, 0.25) is 0 Å². The number of rotatable bonds is 3. The van der Waals surface area contributed by atoms with Crippen molar-refractivity contribution in [2.75, 3.05) is 20.2 Å². The molecule has 7 heteroatoms. The van der Waals surface area contributed by atoms with E-state index in [9.17, 15) is 4.79 Å². The molecular formula is C19H24Cl2N2O2S. The highest BCUT2D eigenvalue weighted by atomic mass is 35.5. The fourth-order valence-corrected chi connectivity index (χ4v) is 5.77. The monoisotopic (exact) mass is 414 g/mol. The van der Waals surface area contributed by atoms with Crippen molar-refractivity contribution in [1.29, 1.82) is 0 Å². The van der Waals surface area contributed by atoms with Gasteiger partial charge in [-0.15, -0.1) is 23.7 Å². The molecule has 0 radical (unpaired) electrons. The van der Waals surface area contributed by atoms with E-state index in [1.54, 1.807) is 7.11 Å². The fraction of sp³-hybridized carbons (Fsp3) is 0.526. The molecule has 1 amide bonds. The first-order valence-corrected chi connectivity index (χ1v) is 9.93. The number of thiophene rings is 1. The Balaban J connectivity index is 0.00000196. The Kier molecular flexibility index (Phi) is 5.46. The Morgan fingerprint density at radius 3 is 2.65 bits per heavy atom. The molecule has 3 aliphatic rings. The van der Waals surface area contributed by atoms with Crippen molar-refractivity contribution in [2.24, 2.45) is 5.92 Å². The largest absolute Gasteiger partial charge is 0.495 e. The average molecular weight is 415 g/mol. The van der Waals surface area contributed by atoms with E-state index >= 15 is 0 Å². The summed E-state index contributed by atoms with van der Waals surface area (Å²) in [4.78, 5) is 16.1. The number of methoxy groups -OCH3 is 1. The Morgan fingerprint density at radius 1 is 1.35 bits per heavy atom. The van der Waals surface area contributed by atoms with Gasteiger partial charge >= 0.3 is 0 Å². The smallest absolute Gasteiger partial charge is 0.261 e. The maximum absolute atomic E-state index is 12.9. The topological polar surface area (TPSA) is 41.6 Å². The van der Waals surface area contributed by atoms with Crippen LogP contribution >= 0.6 is 35.3 Å². The maximum Gasteiger partial charge on any atom is 0.261 e. The number of amides is 1. The SMILES string of the molecule is COc1ccc2cc(C(=O)N[C@@H]3C4CCN(CC4)C3(C)C)sc2c1Cl.Cl. The molecule has 4 heterocycles. The Hall–Kier alpha value is -1.01. The summed E-state index contributed by atoms with van der Waals surface area (Å²) in [7, 11) is 1.60. The van der Waals surface area contributed by atoms with Crippen LogP contribution in [-0.4, -0.2) is 42.6 Å². The van der Waals surface area contributed by atoms with Crippen molar-refractivity contribution in [3.8, 4) is 5.75 Å². The first kappa shape index (κ1) is 19.7. The molecule has 2 aromatic rings. The number of nitrogens with one attached hydrogen (secondary N) is 1. The molecule has 0 aliphatic carbocycles. The van der Waals surface area contributed by atoms with Gasteiger partial charge in [-0.25, -0.2) is 0 Å². The third-order valence-electron chi connectivity index (χ3n) is 5.91. The van der Waals surface area contributed by atoms with Crippen LogP contribution in [0.5, 0.6) is 5.75 Å². The van der Waals surface area contributed by atoms with E-state index in [1.165, 1.54) is 24.2 Å². The molecule has 5 rings (SSSR count). The van der Waals surface area contributed by atoms with E-state index in [1.807, 2.05) is 18.2 Å². The van der Waals surface area contributed by atoms with E-state index in [-0.39, 0.29) is 29.9 Å². The van der Waals surface area contributed by atoms with Crippen molar-refractivity contribution in [2.45, 2.75) is 38.3 Å². The van der Waals surface area contributed by atoms with Crippen LogP contribution in [0, 0.1) is 5.92 Å². The number of ether oxygens (including phenoxy) is 1. The Bertz CT molecular complexity index is 828. The van der Waals surface area contributed by atoms with E-state index < -0.39 is 0 Å². The van der Waals surface area contributed by atoms with E-state index in [4.69, 9.17) is 16.3 Å². The lowest BCUT2D eigenvalue weighted by Crippen LogP contribution is -2.69. The average Bonchev–Trinajstić information content (AvgIpc) is 3.04. The second-order valence-electron chi connectivity index (χ2n) is 7.54. The second-order valence-corrected chi connectivity index (χ2v) is 8.97. The highest BCUT2D eigenvalue weighted by Crippen LogP contribution is 2.40. The number of piperidine rings is 3. The summed E-state index contributed by atoms with van der Waals surface area (Å²) in [5.41, 5.74) is 0.00831. The fourth-order valence-electron chi connectivity index (χ4n) is 4.41. The zero-order valence-electron chi connectivity index (χ0n) is 15.2. The predicted octanol–water partition coefficient (Wildman–Crippen LogP) is 4.59. The lowest BCUT2D eigenvalue weighted by atomic mass is 9.72. The van der Waals surface area contributed by atoms with Crippen molar-refractivity contribution in [3.63, 3.8) is 0 Å². The van der Waals surface area contributed by atoms with Gasteiger partial charge in [0.25, 0.3) is 5.91 Å². The first-order valence-electron chi connectivity index (χ1n) is 8.74. The molecule has 142 valence electrons. The summed E-state index contributed by atoms with van der Waals surface area (Å²) >= 11 is 7.83. The molecular weight excluding hydrogens is 391 g/mol. The lowest BCUT2D eigenvalue weighted by Gasteiger charge is -2.56. The van der Waals surface area contributed by atoms with Crippen LogP contribution in [0.4, 0.5) is 0 Å². The predicted molar refractivity (Wildman–Crippen MR) is 110 cm³/mol. The molecule has 1 atom stereocenters. The van der Waals surface area contributed by atoms with E-state index in [2.05, 4.69) is 24.1 Å². The maximum atomic E-state index is 12.9. The first-order chi connectivity index (χ1) is 11.9. The standard InChI is InChI=1S/C19H23ClN2O2S.ClH/c1-19(2)17(11-6-8-22(19)9-7-11)21-18(23)14-10-12-4-5-13(24-3)15(20)16(12)25-14;/h4-5,10-11,17H,6-9H2,1-3H3,(H,21,23);1H/t17-;/m1./s1. The summed E-state index contributed by atoms with van der Waals surface area (Å²) in [5.74, 6) is 1.21. The number of hydrogen-bond acceptors (Lipinski definition) is 4. The zero-order chi connectivity index (χ0) is 17.8. The van der Waals surface area contributed by atoms with Gasteiger partial charge in [0.05, 0.1) is 16.7 Å². The van der Waals surface area contributed by atoms with Gasteiger partial charge in [-0.3, -0.25) is 9.69 Å². The number of halogens is 2. The van der Waals surface area contributed by atoms with Crippen LogP contribution < -0.4 is 10.1 Å². The van der Waals surface area contributed by atoms with Gasteiger partial charge in [0.1, 0.15) is 10.8 Å². The zero-order valence-corrected chi connectivity index (χ0v) is 17.6. The minimum Gasteiger partial charge on any atom is -0.495 e. The summed E-state index contributed by atoms with van der Waals surface area (Å²) in [6, 6.07) is 5.91. The molecule has 3 aliphatic heterocycles. The van der Waals surface area contributed by atoms with Crippen molar-refractivity contribution in [3.05, 3.63) is 28.1 Å². The van der Waals surface area contributed by atoms with Crippen molar-refractivity contribution >= 4 is 51.3 Å². The molecule has 1 aromatic carbocycles. The molecule has 1 N–H and O–H groups in total. The normalized spacial score (nSPS) is 26.4. The van der Waals surface area contributed by atoms with E-state index in [0.717, 1.165) is 23.2 Å². The van der Waals surface area contributed by atoms with Crippen LogP contribution in [0.3, 0.4) is 0 Å². The van der Waals surface area contributed by atoms with E-state index in [0.29, 0.717) is 21.6 Å². The minimum atomic E-state index is 0. The molecule has 3 fully saturated rings. The molecule has 0 unspecified atom stereocenters. The molecule has 3 saturated heterocycles. The highest BCUT2D eigenvalue weighted by molar-refractivity contribution is 7.21. The summed E-state index contributed by atoms with van der Waals surface area (Å²) in [6.45, 7) is 6.77. The third-order valence-corrected chi connectivity index (χ3v) is 7.56. The number of benzene rings is 1. The van der Waals surface area contributed by atoms with Gasteiger partial charge in [0.15, 0.2) is 0 Å². The van der Waals surface area contributed by atoms with Crippen LogP contribution in [0.1, 0.15) is 36.4 Å². The molecule has 1 aromatic heterocycles. The summed E-state index contributed by atoms with van der Waals surface area (Å²) in [6.07, 6.45) is 2.34. The third kappa shape index (κ3) is 3.09. The minimum absolute atomic E-state index is 0.